The summed E-state index contributed by atoms with van der Waals surface area (Å²) in [5, 5.41) is 5.30. The van der Waals surface area contributed by atoms with E-state index in [1.807, 2.05) is 66.7 Å². The molecule has 7 aromatic carbocycles. The molecule has 0 radical (unpaired) electrons. The molecule has 6 heteroatoms. The van der Waals surface area contributed by atoms with Crippen molar-refractivity contribution in [2.75, 3.05) is 0 Å². The molecule has 0 nitrogen and oxygen atoms in total. The number of benzene rings is 6. The zero-order chi connectivity index (χ0) is 30.5. The van der Waals surface area contributed by atoms with Crippen LogP contribution in [0.5, 0.6) is 0 Å². The minimum Gasteiger partial charge on any atom is -1.00 e. The van der Waals surface area contributed by atoms with Gasteiger partial charge < -0.3 is 24.8 Å². The first kappa shape index (κ1) is 35.2. The fraction of sp³-hybridized carbons (Fsp3) is 0.0500. The number of rotatable bonds is 2. The van der Waals surface area contributed by atoms with Crippen molar-refractivity contribution < 1.29 is 62.2 Å². The molecule has 0 saturated carbocycles. The van der Waals surface area contributed by atoms with Crippen LogP contribution in [-0.4, -0.2) is 3.21 Å². The quantitative estimate of drug-likeness (QED) is 0.181. The van der Waals surface area contributed by atoms with Crippen LogP contribution in [0.4, 0.5) is 13.2 Å². The molecule has 0 unspecified atom stereocenters. The van der Waals surface area contributed by atoms with Gasteiger partial charge in [-0.25, -0.2) is 12.1 Å². The number of hydrogen-bond donors (Lipinski definition) is 0. The number of halogens is 5. The van der Waals surface area contributed by atoms with Crippen LogP contribution in [0.15, 0.2) is 152 Å². The van der Waals surface area contributed by atoms with Crippen molar-refractivity contribution in [3.8, 4) is 11.1 Å². The van der Waals surface area contributed by atoms with E-state index in [9.17, 15) is 13.2 Å². The largest absolute Gasteiger partial charge is 1.00 e. The third-order valence-corrected chi connectivity index (χ3v) is 9.12. The smallest absolute Gasteiger partial charge is 0.0240 e. The van der Waals surface area contributed by atoms with Crippen LogP contribution in [0.3, 0.4) is 0 Å². The molecule has 228 valence electrons. The van der Waals surface area contributed by atoms with E-state index in [0.29, 0.717) is 5.56 Å². The second-order valence-electron chi connectivity index (χ2n) is 10.5. The minimum atomic E-state index is -4.29. The second-order valence-corrected chi connectivity index (χ2v) is 11.7. The summed E-state index contributed by atoms with van der Waals surface area (Å²) in [5.41, 5.74) is 6.67. The van der Waals surface area contributed by atoms with Crippen LogP contribution in [0, 0.1) is 6.07 Å². The summed E-state index contributed by atoms with van der Waals surface area (Å²) in [6.45, 7) is 0. The van der Waals surface area contributed by atoms with E-state index < -0.39 is 11.7 Å². The Labute approximate surface area is 294 Å². The Bertz CT molecular complexity index is 2030. The normalized spacial score (nSPS) is 11.1. The van der Waals surface area contributed by atoms with Gasteiger partial charge in [0.2, 0.25) is 0 Å². The first-order valence-electron chi connectivity index (χ1n) is 14.3. The van der Waals surface area contributed by atoms with Gasteiger partial charge in [0.05, 0.1) is 0 Å². The average Bonchev–Trinajstić information content (AvgIpc) is 3.78. The first-order chi connectivity index (χ1) is 21.4. The van der Waals surface area contributed by atoms with Crippen molar-refractivity contribution in [3.05, 3.63) is 186 Å². The molecule has 0 heterocycles. The van der Waals surface area contributed by atoms with Gasteiger partial charge in [0, 0.05) is 0 Å². The van der Waals surface area contributed by atoms with E-state index in [1.165, 1.54) is 55.9 Å². The Balaban J connectivity index is 0.000000176. The predicted octanol–water partition coefficient (Wildman–Crippen LogP) is 4.60. The van der Waals surface area contributed by atoms with Crippen molar-refractivity contribution in [3.63, 3.8) is 0 Å². The molecule has 0 aromatic heterocycles. The molecule has 0 amide bonds. The Morgan fingerprint density at radius 2 is 1.28 bits per heavy atom. The van der Waals surface area contributed by atoms with Crippen LogP contribution in [-0.2, 0) is 36.8 Å². The summed E-state index contributed by atoms with van der Waals surface area (Å²) in [7, 11) is 0. The van der Waals surface area contributed by atoms with Crippen molar-refractivity contribution >= 4 is 24.8 Å². The van der Waals surface area contributed by atoms with Gasteiger partial charge in [-0.3, -0.25) is 0 Å². The molecule has 0 saturated heterocycles. The molecule has 1 aliphatic rings. The van der Waals surface area contributed by atoms with Gasteiger partial charge >= 0.3 is 118 Å². The van der Waals surface area contributed by atoms with Gasteiger partial charge in [0.25, 0.3) is 0 Å². The zero-order valence-electron chi connectivity index (χ0n) is 24.5. The molecule has 0 fully saturated rings. The van der Waals surface area contributed by atoms with E-state index in [2.05, 4.69) is 66.7 Å². The molecule has 1 aliphatic carbocycles. The third-order valence-electron chi connectivity index (χ3n) is 7.70. The maximum atomic E-state index is 12.6. The van der Waals surface area contributed by atoms with E-state index in [-0.39, 0.29) is 24.8 Å². The summed E-state index contributed by atoms with van der Waals surface area (Å²) in [6.07, 6.45) is -3.27. The minimum absolute atomic E-state index is 0. The molecule has 46 heavy (non-hydrogen) atoms. The Morgan fingerprint density at radius 1 is 0.652 bits per heavy atom. The fourth-order valence-electron chi connectivity index (χ4n) is 5.67. The number of hydrogen-bond acceptors (Lipinski definition) is 0. The first-order valence-corrected chi connectivity index (χ1v) is 15.6. The predicted molar refractivity (Wildman–Crippen MR) is 172 cm³/mol. The average molecular weight is 727 g/mol. The van der Waals surface area contributed by atoms with Gasteiger partial charge in [-0.1, -0.05) is 53.9 Å². The number of alkyl halides is 3. The maximum Gasteiger partial charge on any atom is -0.0240 e. The fourth-order valence-corrected chi connectivity index (χ4v) is 6.46. The number of fused-ring (bicyclic) bond motifs is 8. The second kappa shape index (κ2) is 15.7. The van der Waals surface area contributed by atoms with Gasteiger partial charge in [0.15, 0.2) is 0 Å². The van der Waals surface area contributed by atoms with Crippen molar-refractivity contribution in [2.45, 2.75) is 12.6 Å². The van der Waals surface area contributed by atoms with Crippen molar-refractivity contribution in [1.29, 1.82) is 0 Å². The van der Waals surface area contributed by atoms with Gasteiger partial charge in [-0.15, -0.1) is 40.6 Å². The Hall–Kier alpha value is -3.69. The van der Waals surface area contributed by atoms with Gasteiger partial charge in [-0.2, -0.15) is 18.2 Å². The molecule has 8 rings (SSSR count). The molecule has 0 atom stereocenters. The molecule has 0 aliphatic heterocycles. The van der Waals surface area contributed by atoms with Crippen molar-refractivity contribution in [2.24, 2.45) is 0 Å². The Morgan fingerprint density at radius 3 is 1.98 bits per heavy atom. The molecule has 7 aromatic rings. The van der Waals surface area contributed by atoms with Crippen LogP contribution in [0.2, 0.25) is 0 Å². The summed E-state index contributed by atoms with van der Waals surface area (Å²) < 4.78 is 38.8. The van der Waals surface area contributed by atoms with Gasteiger partial charge in [-0.05, 0) is 28.5 Å². The van der Waals surface area contributed by atoms with E-state index >= 15 is 0 Å². The third kappa shape index (κ3) is 7.64. The van der Waals surface area contributed by atoms with Crippen LogP contribution in [0.1, 0.15) is 27.8 Å². The van der Waals surface area contributed by atoms with E-state index in [4.69, 9.17) is 0 Å². The van der Waals surface area contributed by atoms with Crippen molar-refractivity contribution in [1.82, 2.24) is 0 Å². The van der Waals surface area contributed by atoms with E-state index in [0.717, 1.165) is 45.5 Å². The monoisotopic (exact) mass is 724 g/mol. The van der Waals surface area contributed by atoms with E-state index in [1.54, 1.807) is 6.07 Å². The topological polar surface area (TPSA) is 0 Å². The maximum absolute atomic E-state index is 12.6. The standard InChI is InChI=1S/C21H13.C14H9F3.C5H5.2ClH.Zr/c1-2-8-15-14(7-1)13-20-18-11-4-3-9-16(18)17-10-5-6-12-19(17)21(15)20;15-14(16,17)13-8-4-7-12(10-13)9-11-5-2-1-3-6-11;1-2-4-5-3-1;;;/h1-10,12H,13H2;1-8,10H;1-5H;2*1H;/q-1;;-1;;;+2/p-2. The zero-order valence-corrected chi connectivity index (χ0v) is 28.5. The Kier molecular flexibility index (Phi) is 12.0. The summed E-state index contributed by atoms with van der Waals surface area (Å²) >= 11 is 1.09. The molecular formula is C40H27Cl2F3Zr-2. The van der Waals surface area contributed by atoms with Crippen LogP contribution in [0.25, 0.3) is 32.7 Å². The molecular weight excluding hydrogens is 700 g/mol. The summed E-state index contributed by atoms with van der Waals surface area (Å²) in [5.74, 6) is 0. The van der Waals surface area contributed by atoms with Gasteiger partial charge in [0.1, 0.15) is 0 Å². The molecule has 0 bridgehead atoms. The molecule has 0 spiro atoms. The summed E-state index contributed by atoms with van der Waals surface area (Å²) in [6, 6.07) is 52.3. The summed E-state index contributed by atoms with van der Waals surface area (Å²) in [4.78, 5) is 0. The van der Waals surface area contributed by atoms with Crippen LogP contribution < -0.4 is 24.8 Å². The molecule has 0 N–H and O–H groups in total. The van der Waals surface area contributed by atoms with Crippen LogP contribution >= 0.6 is 0 Å². The SMILES string of the molecule is FC(F)(F)c1cccc([C](=[Zr+2])c2ccccc2)c1.[Cl-].[Cl-].[c-]1cccc2c1c1c(c3ccccc32)-c2ccccc2C1.c1cc[cH-]c1.